The van der Waals surface area contributed by atoms with Crippen LogP contribution in [0.3, 0.4) is 0 Å². The maximum Gasteiger partial charge on any atom is 0.251 e. The molecule has 0 saturated carbocycles. The zero-order chi connectivity index (χ0) is 16.7. The smallest absolute Gasteiger partial charge is 0.251 e. The van der Waals surface area contributed by atoms with Crippen molar-refractivity contribution in [3.63, 3.8) is 0 Å². The summed E-state index contributed by atoms with van der Waals surface area (Å²) >= 11 is 0. The summed E-state index contributed by atoms with van der Waals surface area (Å²) in [7, 11) is 1.53. The lowest BCUT2D eigenvalue weighted by Crippen LogP contribution is -2.30. The van der Waals surface area contributed by atoms with Gasteiger partial charge in [0.25, 0.3) is 5.91 Å². The summed E-state index contributed by atoms with van der Waals surface area (Å²) in [4.78, 5) is 23.9. The van der Waals surface area contributed by atoms with E-state index < -0.39 is 0 Å². The number of nitrogens with one attached hydrogen (secondary N) is 2. The Morgan fingerprint density at radius 2 is 2.00 bits per heavy atom. The van der Waals surface area contributed by atoms with E-state index in [1.54, 1.807) is 18.2 Å². The van der Waals surface area contributed by atoms with Gasteiger partial charge in [0.1, 0.15) is 0 Å². The van der Waals surface area contributed by atoms with Crippen molar-refractivity contribution in [3.8, 4) is 0 Å². The van der Waals surface area contributed by atoms with Gasteiger partial charge in [-0.3, -0.25) is 9.59 Å². The van der Waals surface area contributed by atoms with Gasteiger partial charge in [-0.05, 0) is 44.5 Å². The van der Waals surface area contributed by atoms with E-state index in [1.807, 2.05) is 20.8 Å². The number of carbonyl (C=O) groups is 2. The van der Waals surface area contributed by atoms with Crippen LogP contribution in [0.15, 0.2) is 18.2 Å². The first-order valence-electron chi connectivity index (χ1n) is 7.31. The minimum absolute atomic E-state index is 0.0782. The molecule has 0 spiro atoms. The van der Waals surface area contributed by atoms with Crippen molar-refractivity contribution in [2.24, 2.45) is 5.73 Å². The normalized spacial score (nSPS) is 12.1. The van der Waals surface area contributed by atoms with Crippen LogP contribution in [0.1, 0.15) is 36.2 Å². The standard InChI is InChI=1S/C16H25N3O3/c1-10(2)18-16(21)12-5-6-14(11(3)7-12)19-15(20)8-13(9-17)22-4/h5-7,10,13H,8-9,17H2,1-4H3,(H,18,21)(H,19,20). The zero-order valence-electron chi connectivity index (χ0n) is 13.6. The molecule has 4 N–H and O–H groups in total. The molecule has 1 atom stereocenters. The third-order valence-electron chi connectivity index (χ3n) is 3.19. The van der Waals surface area contributed by atoms with Gasteiger partial charge < -0.3 is 21.1 Å². The van der Waals surface area contributed by atoms with Crippen molar-refractivity contribution in [1.29, 1.82) is 0 Å². The molecule has 0 fully saturated rings. The predicted molar refractivity (Wildman–Crippen MR) is 86.9 cm³/mol. The lowest BCUT2D eigenvalue weighted by atomic mass is 10.1. The van der Waals surface area contributed by atoms with E-state index in [2.05, 4.69) is 10.6 Å². The highest BCUT2D eigenvalue weighted by Gasteiger charge is 2.13. The quantitative estimate of drug-likeness (QED) is 0.710. The highest BCUT2D eigenvalue weighted by Crippen LogP contribution is 2.17. The molecule has 0 aromatic heterocycles. The lowest BCUT2D eigenvalue weighted by molar-refractivity contribution is -0.118. The summed E-state index contributed by atoms with van der Waals surface area (Å²) in [5.41, 5.74) is 7.57. The van der Waals surface area contributed by atoms with Gasteiger partial charge in [-0.25, -0.2) is 0 Å². The average molecular weight is 307 g/mol. The van der Waals surface area contributed by atoms with Gasteiger partial charge in [-0.2, -0.15) is 0 Å². The zero-order valence-corrected chi connectivity index (χ0v) is 13.6. The molecule has 0 heterocycles. The second-order valence-electron chi connectivity index (χ2n) is 5.50. The van der Waals surface area contributed by atoms with E-state index in [1.165, 1.54) is 7.11 Å². The van der Waals surface area contributed by atoms with E-state index in [0.717, 1.165) is 5.56 Å². The lowest BCUT2D eigenvalue weighted by Gasteiger charge is -2.14. The van der Waals surface area contributed by atoms with Crippen molar-refractivity contribution < 1.29 is 14.3 Å². The number of anilines is 1. The first-order valence-corrected chi connectivity index (χ1v) is 7.31. The van der Waals surface area contributed by atoms with Crippen molar-refractivity contribution in [2.75, 3.05) is 19.0 Å². The summed E-state index contributed by atoms with van der Waals surface area (Å²) in [6.45, 7) is 5.95. The largest absolute Gasteiger partial charge is 0.380 e. The fourth-order valence-corrected chi connectivity index (χ4v) is 1.96. The predicted octanol–water partition coefficient (Wildman–Crippen LogP) is 1.44. The molecule has 22 heavy (non-hydrogen) atoms. The van der Waals surface area contributed by atoms with Crippen molar-refractivity contribution in [2.45, 2.75) is 39.3 Å². The highest BCUT2D eigenvalue weighted by atomic mass is 16.5. The molecule has 0 bridgehead atoms. The van der Waals surface area contributed by atoms with Crippen LogP contribution in [0.25, 0.3) is 0 Å². The fourth-order valence-electron chi connectivity index (χ4n) is 1.96. The van der Waals surface area contributed by atoms with Crippen LogP contribution in [-0.4, -0.2) is 37.6 Å². The van der Waals surface area contributed by atoms with Crippen molar-refractivity contribution in [1.82, 2.24) is 5.32 Å². The molecule has 6 nitrogen and oxygen atoms in total. The Morgan fingerprint density at radius 3 is 2.50 bits per heavy atom. The fraction of sp³-hybridized carbons (Fsp3) is 0.500. The molecule has 0 aliphatic rings. The van der Waals surface area contributed by atoms with E-state index in [4.69, 9.17) is 10.5 Å². The van der Waals surface area contributed by atoms with Crippen LogP contribution < -0.4 is 16.4 Å². The van der Waals surface area contributed by atoms with Gasteiger partial charge >= 0.3 is 0 Å². The number of carbonyl (C=O) groups excluding carboxylic acids is 2. The van der Waals surface area contributed by atoms with Gasteiger partial charge in [0.05, 0.1) is 12.5 Å². The number of benzene rings is 1. The Morgan fingerprint density at radius 1 is 1.32 bits per heavy atom. The number of aryl methyl sites for hydroxylation is 1. The summed E-state index contributed by atoms with van der Waals surface area (Å²) in [5, 5.41) is 5.64. The highest BCUT2D eigenvalue weighted by molar-refractivity contribution is 5.96. The summed E-state index contributed by atoms with van der Waals surface area (Å²) in [5.74, 6) is -0.293. The molecule has 0 radical (unpaired) electrons. The molecule has 1 aromatic carbocycles. The molecular formula is C16H25N3O3. The third kappa shape index (κ3) is 5.46. The van der Waals surface area contributed by atoms with Gasteiger partial charge in [-0.1, -0.05) is 0 Å². The molecule has 1 unspecified atom stereocenters. The molecule has 0 aliphatic carbocycles. The number of methoxy groups -OCH3 is 1. The Labute approximate surface area is 131 Å². The first kappa shape index (κ1) is 18.1. The van der Waals surface area contributed by atoms with E-state index >= 15 is 0 Å². The van der Waals surface area contributed by atoms with Crippen LogP contribution in [0, 0.1) is 6.92 Å². The Bertz CT molecular complexity index is 525. The van der Waals surface area contributed by atoms with Crippen molar-refractivity contribution >= 4 is 17.5 Å². The van der Waals surface area contributed by atoms with Gasteiger partial charge in [0.15, 0.2) is 0 Å². The second-order valence-corrected chi connectivity index (χ2v) is 5.50. The third-order valence-corrected chi connectivity index (χ3v) is 3.19. The van der Waals surface area contributed by atoms with Crippen molar-refractivity contribution in [3.05, 3.63) is 29.3 Å². The van der Waals surface area contributed by atoms with Crippen LogP contribution in [0.5, 0.6) is 0 Å². The van der Waals surface area contributed by atoms with E-state index in [9.17, 15) is 9.59 Å². The molecule has 1 rings (SSSR count). The monoisotopic (exact) mass is 307 g/mol. The van der Waals surface area contributed by atoms with E-state index in [-0.39, 0.29) is 36.9 Å². The van der Waals surface area contributed by atoms with E-state index in [0.29, 0.717) is 11.3 Å². The molecular weight excluding hydrogens is 282 g/mol. The summed E-state index contributed by atoms with van der Waals surface area (Å²) in [6, 6.07) is 5.25. The number of amides is 2. The minimum atomic E-state index is -0.295. The summed E-state index contributed by atoms with van der Waals surface area (Å²) in [6.07, 6.45) is -0.0985. The summed E-state index contributed by atoms with van der Waals surface area (Å²) < 4.78 is 5.09. The molecule has 122 valence electrons. The molecule has 2 amide bonds. The van der Waals surface area contributed by atoms with Crippen LogP contribution in [0.2, 0.25) is 0 Å². The first-order chi connectivity index (χ1) is 10.4. The van der Waals surface area contributed by atoms with Crippen LogP contribution >= 0.6 is 0 Å². The molecule has 6 heteroatoms. The minimum Gasteiger partial charge on any atom is -0.380 e. The number of rotatable bonds is 7. The maximum absolute atomic E-state index is 11.9. The average Bonchev–Trinajstić information content (AvgIpc) is 2.46. The Kier molecular flexibility index (Phi) is 7.01. The maximum atomic E-state index is 11.9. The van der Waals surface area contributed by atoms with Gasteiger partial charge in [0, 0.05) is 30.9 Å². The van der Waals surface area contributed by atoms with Crippen LogP contribution in [0.4, 0.5) is 5.69 Å². The van der Waals surface area contributed by atoms with Gasteiger partial charge in [-0.15, -0.1) is 0 Å². The molecule has 0 saturated heterocycles. The molecule has 1 aromatic rings. The van der Waals surface area contributed by atoms with Gasteiger partial charge in [0.2, 0.25) is 5.91 Å². The number of hydrogen-bond donors (Lipinski definition) is 3. The topological polar surface area (TPSA) is 93.4 Å². The van der Waals surface area contributed by atoms with Crippen LogP contribution in [-0.2, 0) is 9.53 Å². The number of ether oxygens (including phenoxy) is 1. The number of nitrogens with two attached hydrogens (primary N) is 1. The second kappa shape index (κ2) is 8.51. The molecule has 0 aliphatic heterocycles. The Balaban J connectivity index is 2.73. The number of hydrogen-bond acceptors (Lipinski definition) is 4. The SMILES string of the molecule is COC(CN)CC(=O)Nc1ccc(C(=O)NC(C)C)cc1C. The Hall–Kier alpha value is -1.92.